The molecule has 2 aliphatic rings. The first-order chi connectivity index (χ1) is 18.8. The number of urea groups is 1. The zero-order valence-corrected chi connectivity index (χ0v) is 22.4. The van der Waals surface area contributed by atoms with E-state index in [0.717, 1.165) is 39.7 Å². The summed E-state index contributed by atoms with van der Waals surface area (Å²) >= 11 is 0. The highest BCUT2D eigenvalue weighted by Gasteiger charge is 2.53. The molecule has 4 aromatic rings. The van der Waals surface area contributed by atoms with Gasteiger partial charge in [-0.05, 0) is 48.6 Å². The lowest BCUT2D eigenvalue weighted by atomic mass is 9.88. The third-order valence-corrected chi connectivity index (χ3v) is 7.84. The molecule has 7 heteroatoms. The number of benzene rings is 3. The highest BCUT2D eigenvalue weighted by Crippen LogP contribution is 2.45. The van der Waals surface area contributed by atoms with Crippen molar-refractivity contribution in [2.75, 3.05) is 11.4 Å². The number of anilines is 1. The molecule has 0 aliphatic carbocycles. The highest BCUT2D eigenvalue weighted by atomic mass is 16.2. The number of rotatable bonds is 6. The number of amides is 4. The molecule has 1 aromatic heterocycles. The van der Waals surface area contributed by atoms with E-state index in [1.807, 2.05) is 49.4 Å². The summed E-state index contributed by atoms with van der Waals surface area (Å²) in [5, 5.41) is 4.01. The van der Waals surface area contributed by atoms with Gasteiger partial charge in [-0.25, -0.2) is 9.69 Å². The molecule has 4 amide bonds. The van der Waals surface area contributed by atoms with Crippen molar-refractivity contribution in [2.45, 2.75) is 45.7 Å². The Morgan fingerprint density at radius 1 is 1.00 bits per heavy atom. The van der Waals surface area contributed by atoms with Crippen LogP contribution in [0.5, 0.6) is 0 Å². The summed E-state index contributed by atoms with van der Waals surface area (Å²) in [6, 6.07) is 21.5. The average Bonchev–Trinajstić information content (AvgIpc) is 3.42. The molecule has 0 unspecified atom stereocenters. The molecule has 0 spiro atoms. The van der Waals surface area contributed by atoms with Crippen molar-refractivity contribution in [1.82, 2.24) is 15.2 Å². The van der Waals surface area contributed by atoms with E-state index in [2.05, 4.69) is 30.2 Å². The van der Waals surface area contributed by atoms with Crippen molar-refractivity contribution in [3.8, 4) is 0 Å². The standard InChI is InChI=1S/C32H32N4O3/c1-19(2)16-17-33-30(37)23-9-5-7-11-26(23)36-31(38)27-18-24-22-8-4-6-10-25(22)34-28(24)29(35(27)32(36)39)21-14-12-20(3)13-15-21/h4-15,19,27,29,34H,16-18H2,1-3H3,(H,33,37)/t27-,29+/m0/s1. The number of aromatic nitrogens is 1. The van der Waals surface area contributed by atoms with Crippen molar-refractivity contribution < 1.29 is 14.4 Å². The van der Waals surface area contributed by atoms with Gasteiger partial charge >= 0.3 is 6.03 Å². The van der Waals surface area contributed by atoms with E-state index in [1.165, 1.54) is 4.90 Å². The fourth-order valence-corrected chi connectivity index (χ4v) is 5.82. The summed E-state index contributed by atoms with van der Waals surface area (Å²) in [6.07, 6.45) is 1.25. The van der Waals surface area contributed by atoms with E-state index in [-0.39, 0.29) is 11.8 Å². The van der Waals surface area contributed by atoms with Crippen LogP contribution in [0.4, 0.5) is 10.5 Å². The molecule has 3 heterocycles. The predicted molar refractivity (Wildman–Crippen MR) is 152 cm³/mol. The number of hydrogen-bond acceptors (Lipinski definition) is 3. The SMILES string of the molecule is Cc1ccc([C@@H]2c3[nH]c4ccccc4c3C[C@H]3C(=O)N(c4ccccc4C(=O)NCCC(C)C)C(=O)N23)cc1. The van der Waals surface area contributed by atoms with Crippen molar-refractivity contribution in [3.05, 3.63) is 101 Å². The van der Waals surface area contributed by atoms with Gasteiger partial charge < -0.3 is 10.3 Å². The number of carbonyl (C=O) groups is 3. The topological polar surface area (TPSA) is 85.5 Å². The van der Waals surface area contributed by atoms with Gasteiger partial charge in [0.25, 0.3) is 11.8 Å². The van der Waals surface area contributed by atoms with Crippen LogP contribution in [0.3, 0.4) is 0 Å². The van der Waals surface area contributed by atoms with Gasteiger partial charge in [0.05, 0.1) is 11.3 Å². The van der Waals surface area contributed by atoms with E-state index in [1.54, 1.807) is 29.2 Å². The molecule has 39 heavy (non-hydrogen) atoms. The second kappa shape index (κ2) is 9.73. The summed E-state index contributed by atoms with van der Waals surface area (Å²) in [6.45, 7) is 6.75. The summed E-state index contributed by atoms with van der Waals surface area (Å²) in [5.74, 6) is -0.149. The third kappa shape index (κ3) is 4.18. The van der Waals surface area contributed by atoms with Gasteiger partial charge in [0.15, 0.2) is 0 Å². The molecule has 6 rings (SSSR count). The minimum Gasteiger partial charge on any atom is -0.356 e. The maximum absolute atomic E-state index is 14.2. The van der Waals surface area contributed by atoms with Crippen molar-refractivity contribution >= 4 is 34.4 Å². The van der Waals surface area contributed by atoms with E-state index in [4.69, 9.17) is 0 Å². The Hall–Kier alpha value is -4.39. The zero-order valence-electron chi connectivity index (χ0n) is 22.4. The number of carbonyl (C=O) groups excluding carboxylic acids is 3. The van der Waals surface area contributed by atoms with Crippen LogP contribution in [0.2, 0.25) is 0 Å². The first-order valence-corrected chi connectivity index (χ1v) is 13.5. The van der Waals surface area contributed by atoms with E-state index < -0.39 is 18.1 Å². The van der Waals surface area contributed by atoms with E-state index in [0.29, 0.717) is 30.1 Å². The van der Waals surface area contributed by atoms with E-state index in [9.17, 15) is 14.4 Å². The number of hydrogen-bond donors (Lipinski definition) is 2. The van der Waals surface area contributed by atoms with Gasteiger partial charge in [-0.15, -0.1) is 0 Å². The van der Waals surface area contributed by atoms with Crippen LogP contribution >= 0.6 is 0 Å². The fourth-order valence-electron chi connectivity index (χ4n) is 5.82. The molecule has 3 aromatic carbocycles. The van der Waals surface area contributed by atoms with E-state index >= 15 is 0 Å². The van der Waals surface area contributed by atoms with Gasteiger partial charge in [0, 0.05) is 29.6 Å². The maximum Gasteiger partial charge on any atom is 0.332 e. The molecule has 1 saturated heterocycles. The minimum atomic E-state index is -0.674. The number of nitrogens with zero attached hydrogens (tertiary/aromatic N) is 2. The molecule has 7 nitrogen and oxygen atoms in total. The number of aromatic amines is 1. The average molecular weight is 521 g/mol. The smallest absolute Gasteiger partial charge is 0.332 e. The molecule has 2 aliphatic heterocycles. The maximum atomic E-state index is 14.2. The number of H-pyrrole nitrogens is 1. The van der Waals surface area contributed by atoms with Gasteiger partial charge in [-0.1, -0.05) is 74.0 Å². The number of aryl methyl sites for hydroxylation is 1. The van der Waals surface area contributed by atoms with Crippen molar-refractivity contribution in [3.63, 3.8) is 0 Å². The van der Waals surface area contributed by atoms with Gasteiger partial charge in [-0.2, -0.15) is 0 Å². The first kappa shape index (κ1) is 24.9. The highest BCUT2D eigenvalue weighted by molar-refractivity contribution is 6.24. The Balaban J connectivity index is 1.43. The van der Waals surface area contributed by atoms with Crippen LogP contribution in [-0.4, -0.2) is 40.3 Å². The number of para-hydroxylation sites is 2. The number of nitrogens with one attached hydrogen (secondary N) is 2. The number of imide groups is 1. The zero-order chi connectivity index (χ0) is 27.3. The first-order valence-electron chi connectivity index (χ1n) is 13.5. The second-order valence-corrected chi connectivity index (χ2v) is 10.9. The van der Waals surface area contributed by atoms with Crippen LogP contribution in [0.15, 0.2) is 72.8 Å². The summed E-state index contributed by atoms with van der Waals surface area (Å²) in [7, 11) is 0. The Morgan fingerprint density at radius 2 is 1.72 bits per heavy atom. The molecular formula is C32H32N4O3. The molecule has 2 atom stereocenters. The van der Waals surface area contributed by atoms with Gasteiger partial charge in [-0.3, -0.25) is 14.5 Å². The summed E-state index contributed by atoms with van der Waals surface area (Å²) < 4.78 is 0. The quantitative estimate of drug-likeness (QED) is 0.318. The van der Waals surface area contributed by atoms with Crippen LogP contribution in [0.1, 0.15) is 59.1 Å². The molecular weight excluding hydrogens is 488 g/mol. The normalized spacial score (nSPS) is 18.6. The van der Waals surface area contributed by atoms with Crippen molar-refractivity contribution in [1.29, 1.82) is 0 Å². The predicted octanol–water partition coefficient (Wildman–Crippen LogP) is 5.74. The monoisotopic (exact) mass is 520 g/mol. The Bertz CT molecular complexity index is 1590. The lowest BCUT2D eigenvalue weighted by Gasteiger charge is -2.36. The van der Waals surface area contributed by atoms with Gasteiger partial charge in [0.1, 0.15) is 12.1 Å². The molecule has 0 saturated carbocycles. The molecule has 198 valence electrons. The number of fused-ring (bicyclic) bond motifs is 4. The molecule has 2 N–H and O–H groups in total. The molecule has 0 radical (unpaired) electrons. The molecule has 1 fully saturated rings. The summed E-state index contributed by atoms with van der Waals surface area (Å²) in [4.78, 5) is 47.8. The lowest BCUT2D eigenvalue weighted by Crippen LogP contribution is -2.44. The second-order valence-electron chi connectivity index (χ2n) is 10.9. The lowest BCUT2D eigenvalue weighted by molar-refractivity contribution is -0.120. The Morgan fingerprint density at radius 3 is 2.49 bits per heavy atom. The van der Waals surface area contributed by atoms with Crippen LogP contribution in [0.25, 0.3) is 10.9 Å². The molecule has 0 bridgehead atoms. The third-order valence-electron chi connectivity index (χ3n) is 7.84. The van der Waals surface area contributed by atoms with Crippen LogP contribution in [0, 0.1) is 12.8 Å². The largest absolute Gasteiger partial charge is 0.356 e. The van der Waals surface area contributed by atoms with Crippen LogP contribution < -0.4 is 10.2 Å². The van der Waals surface area contributed by atoms with Crippen molar-refractivity contribution in [2.24, 2.45) is 5.92 Å². The summed E-state index contributed by atoms with van der Waals surface area (Å²) in [5.41, 5.74) is 5.66. The fraction of sp³-hybridized carbons (Fsp3) is 0.281. The minimum absolute atomic E-state index is 0.289. The van der Waals surface area contributed by atoms with Gasteiger partial charge in [0.2, 0.25) is 0 Å². The Kier molecular flexibility index (Phi) is 6.22. The Labute approximate surface area is 227 Å². The van der Waals surface area contributed by atoms with Crippen LogP contribution in [-0.2, 0) is 11.2 Å².